The number of likely N-dealkylation sites (tertiary alicyclic amines) is 1. The van der Waals surface area contributed by atoms with E-state index in [0.717, 1.165) is 0 Å². The molecule has 1 aliphatic rings. The minimum Gasteiger partial charge on any atom is -0.312 e. The molecule has 12 heavy (non-hydrogen) atoms. The largest absolute Gasteiger partial charge is 0.312 e. The zero-order valence-corrected chi connectivity index (χ0v) is 9.14. The van der Waals surface area contributed by atoms with Gasteiger partial charge in [0.25, 0.3) is 0 Å². The SMILES string of the molecule is CN(C)C.CN1CCCCCC1. The molecule has 0 aromatic carbocycles. The normalized spacial score (nSPS) is 19.8. The van der Waals surface area contributed by atoms with Gasteiger partial charge in [-0.1, -0.05) is 12.8 Å². The molecule has 0 aromatic heterocycles. The zero-order chi connectivity index (χ0) is 9.40. The first-order valence-corrected chi connectivity index (χ1v) is 4.92. The Morgan fingerprint density at radius 3 is 1.50 bits per heavy atom. The van der Waals surface area contributed by atoms with Crippen LogP contribution in [-0.2, 0) is 0 Å². The summed E-state index contributed by atoms with van der Waals surface area (Å²) in [4.78, 5) is 4.42. The lowest BCUT2D eigenvalue weighted by molar-refractivity contribution is 0.349. The molecule has 74 valence electrons. The van der Waals surface area contributed by atoms with Gasteiger partial charge in [-0.2, -0.15) is 0 Å². The zero-order valence-electron chi connectivity index (χ0n) is 9.14. The fourth-order valence-corrected chi connectivity index (χ4v) is 1.23. The quantitative estimate of drug-likeness (QED) is 0.548. The minimum atomic E-state index is 1.32. The van der Waals surface area contributed by atoms with Gasteiger partial charge >= 0.3 is 0 Å². The van der Waals surface area contributed by atoms with E-state index < -0.39 is 0 Å². The van der Waals surface area contributed by atoms with Crippen LogP contribution in [0.4, 0.5) is 0 Å². The van der Waals surface area contributed by atoms with Gasteiger partial charge in [0.05, 0.1) is 0 Å². The molecule has 0 atom stereocenters. The highest BCUT2D eigenvalue weighted by Crippen LogP contribution is 2.06. The number of hydrogen-bond donors (Lipinski definition) is 0. The van der Waals surface area contributed by atoms with Crippen LogP contribution in [0.15, 0.2) is 0 Å². The maximum absolute atomic E-state index is 2.42. The van der Waals surface area contributed by atoms with Crippen molar-refractivity contribution in [1.82, 2.24) is 9.80 Å². The topological polar surface area (TPSA) is 6.48 Å². The van der Waals surface area contributed by atoms with E-state index in [1.165, 1.54) is 38.8 Å². The standard InChI is InChI=1S/C7H15N.C3H9N/c1-8-6-4-2-3-5-7-8;1-4(2)3/h2-7H2,1H3;1-3H3. The molecule has 2 nitrogen and oxygen atoms in total. The lowest BCUT2D eigenvalue weighted by Crippen LogP contribution is -2.18. The minimum absolute atomic E-state index is 1.32. The van der Waals surface area contributed by atoms with E-state index >= 15 is 0 Å². The Morgan fingerprint density at radius 2 is 1.17 bits per heavy atom. The average molecular weight is 172 g/mol. The van der Waals surface area contributed by atoms with Crippen molar-refractivity contribution in [2.24, 2.45) is 0 Å². The first-order valence-electron chi connectivity index (χ1n) is 4.92. The Bertz CT molecular complexity index is 81.1. The van der Waals surface area contributed by atoms with Crippen molar-refractivity contribution < 1.29 is 0 Å². The molecular weight excluding hydrogens is 148 g/mol. The molecule has 0 radical (unpaired) electrons. The molecule has 0 saturated carbocycles. The molecule has 1 aliphatic heterocycles. The van der Waals surface area contributed by atoms with Crippen LogP contribution in [0, 0.1) is 0 Å². The molecule has 1 heterocycles. The highest BCUT2D eigenvalue weighted by molar-refractivity contribution is 4.57. The molecule has 1 rings (SSSR count). The summed E-state index contributed by atoms with van der Waals surface area (Å²) in [7, 11) is 8.21. The van der Waals surface area contributed by atoms with E-state index in [9.17, 15) is 0 Å². The second kappa shape index (κ2) is 7.56. The average Bonchev–Trinajstić information content (AvgIpc) is 2.14. The molecule has 1 fully saturated rings. The molecule has 0 amide bonds. The summed E-state index contributed by atoms with van der Waals surface area (Å²) in [6.07, 6.45) is 5.72. The van der Waals surface area contributed by atoms with Crippen LogP contribution in [0.25, 0.3) is 0 Å². The molecular formula is C10H24N2. The summed E-state index contributed by atoms with van der Waals surface area (Å²) < 4.78 is 0. The van der Waals surface area contributed by atoms with Gasteiger partial charge < -0.3 is 9.80 Å². The van der Waals surface area contributed by atoms with E-state index in [-0.39, 0.29) is 0 Å². The van der Waals surface area contributed by atoms with Crippen LogP contribution in [0.2, 0.25) is 0 Å². The van der Waals surface area contributed by atoms with Gasteiger partial charge in [0, 0.05) is 0 Å². The lowest BCUT2D eigenvalue weighted by atomic mass is 10.2. The Balaban J connectivity index is 0.000000261. The fourth-order valence-electron chi connectivity index (χ4n) is 1.23. The van der Waals surface area contributed by atoms with E-state index in [1.807, 2.05) is 26.0 Å². The highest BCUT2D eigenvalue weighted by atomic mass is 15.1. The maximum Gasteiger partial charge on any atom is -0.00218 e. The summed E-state index contributed by atoms with van der Waals surface area (Å²) in [6, 6.07) is 0. The number of nitrogens with zero attached hydrogens (tertiary/aromatic N) is 2. The lowest BCUT2D eigenvalue weighted by Gasteiger charge is -2.10. The summed E-state index contributed by atoms with van der Waals surface area (Å²) >= 11 is 0. The van der Waals surface area contributed by atoms with Crippen molar-refractivity contribution in [3.8, 4) is 0 Å². The summed E-state index contributed by atoms with van der Waals surface area (Å²) in [6.45, 7) is 2.64. The Morgan fingerprint density at radius 1 is 0.833 bits per heavy atom. The Hall–Kier alpha value is -0.0800. The Labute approximate surface area is 77.5 Å². The molecule has 0 aromatic rings. The van der Waals surface area contributed by atoms with Gasteiger partial charge in [0.1, 0.15) is 0 Å². The van der Waals surface area contributed by atoms with Crippen LogP contribution in [0.3, 0.4) is 0 Å². The maximum atomic E-state index is 2.42. The van der Waals surface area contributed by atoms with Gasteiger partial charge in [-0.25, -0.2) is 0 Å². The van der Waals surface area contributed by atoms with Gasteiger partial charge in [-0.15, -0.1) is 0 Å². The van der Waals surface area contributed by atoms with Crippen molar-refractivity contribution in [3.05, 3.63) is 0 Å². The first kappa shape index (κ1) is 11.9. The Kier molecular flexibility index (Phi) is 7.51. The molecule has 0 bridgehead atoms. The smallest absolute Gasteiger partial charge is 0.00218 e. The predicted octanol–water partition coefficient (Wildman–Crippen LogP) is 1.67. The van der Waals surface area contributed by atoms with E-state index in [0.29, 0.717) is 0 Å². The van der Waals surface area contributed by atoms with Crippen molar-refractivity contribution in [2.75, 3.05) is 41.3 Å². The monoisotopic (exact) mass is 172 g/mol. The highest BCUT2D eigenvalue weighted by Gasteiger charge is 2.01. The van der Waals surface area contributed by atoms with E-state index in [4.69, 9.17) is 0 Å². The van der Waals surface area contributed by atoms with Crippen LogP contribution in [-0.4, -0.2) is 51.1 Å². The van der Waals surface area contributed by atoms with Gasteiger partial charge in [0.2, 0.25) is 0 Å². The van der Waals surface area contributed by atoms with E-state index in [1.54, 1.807) is 0 Å². The van der Waals surface area contributed by atoms with Crippen molar-refractivity contribution in [1.29, 1.82) is 0 Å². The van der Waals surface area contributed by atoms with Crippen LogP contribution in [0.1, 0.15) is 25.7 Å². The first-order chi connectivity index (χ1) is 5.63. The van der Waals surface area contributed by atoms with Crippen molar-refractivity contribution >= 4 is 0 Å². The molecule has 0 spiro atoms. The second-order valence-corrected chi connectivity index (χ2v) is 4.06. The van der Waals surface area contributed by atoms with E-state index in [2.05, 4.69) is 11.9 Å². The number of rotatable bonds is 0. The third kappa shape index (κ3) is 9.92. The molecule has 0 aliphatic carbocycles. The third-order valence-corrected chi connectivity index (χ3v) is 1.83. The second-order valence-electron chi connectivity index (χ2n) is 4.06. The molecule has 0 N–H and O–H groups in total. The van der Waals surface area contributed by atoms with Gasteiger partial charge in [0.15, 0.2) is 0 Å². The van der Waals surface area contributed by atoms with Crippen molar-refractivity contribution in [2.45, 2.75) is 25.7 Å². The van der Waals surface area contributed by atoms with Crippen LogP contribution in [0.5, 0.6) is 0 Å². The summed E-state index contributed by atoms with van der Waals surface area (Å²) in [5, 5.41) is 0. The summed E-state index contributed by atoms with van der Waals surface area (Å²) in [5.41, 5.74) is 0. The van der Waals surface area contributed by atoms with Gasteiger partial charge in [-0.3, -0.25) is 0 Å². The summed E-state index contributed by atoms with van der Waals surface area (Å²) in [5.74, 6) is 0. The molecule has 0 unspecified atom stereocenters. The fraction of sp³-hybridized carbons (Fsp3) is 1.00. The van der Waals surface area contributed by atoms with Gasteiger partial charge in [-0.05, 0) is 54.1 Å². The van der Waals surface area contributed by atoms with Crippen LogP contribution >= 0.6 is 0 Å². The third-order valence-electron chi connectivity index (χ3n) is 1.83. The molecule has 1 saturated heterocycles. The predicted molar refractivity (Wildman–Crippen MR) is 55.6 cm³/mol. The van der Waals surface area contributed by atoms with Crippen molar-refractivity contribution in [3.63, 3.8) is 0 Å². The molecule has 2 heteroatoms. The van der Waals surface area contributed by atoms with Crippen LogP contribution < -0.4 is 0 Å². The number of hydrogen-bond acceptors (Lipinski definition) is 2.